The van der Waals surface area contributed by atoms with Crippen LogP contribution in [0.2, 0.25) is 0 Å². The number of alkyl halides is 1. The maximum atomic E-state index is 12.7. The highest BCUT2D eigenvalue weighted by Gasteiger charge is 2.13. The van der Waals surface area contributed by atoms with Gasteiger partial charge in [-0.1, -0.05) is 26.0 Å². The number of benzene rings is 1. The molecule has 1 amide bonds. The van der Waals surface area contributed by atoms with Gasteiger partial charge >= 0.3 is 0 Å². The van der Waals surface area contributed by atoms with Gasteiger partial charge in [-0.25, -0.2) is 4.39 Å². The van der Waals surface area contributed by atoms with Crippen LogP contribution in [0.5, 0.6) is 0 Å². The molecule has 4 heteroatoms. The van der Waals surface area contributed by atoms with E-state index in [1.807, 2.05) is 0 Å². The van der Waals surface area contributed by atoms with E-state index in [9.17, 15) is 9.18 Å². The summed E-state index contributed by atoms with van der Waals surface area (Å²) in [4.78, 5) is 11.8. The van der Waals surface area contributed by atoms with Crippen LogP contribution in [-0.2, 0) is 11.2 Å². The molecule has 0 spiro atoms. The number of nitrogens with one attached hydrogen (secondary N) is 1. The van der Waals surface area contributed by atoms with Crippen LogP contribution in [0.3, 0.4) is 0 Å². The fourth-order valence-corrected chi connectivity index (χ4v) is 2.00. The molecule has 1 N–H and O–H groups in total. The van der Waals surface area contributed by atoms with Crippen molar-refractivity contribution in [1.29, 1.82) is 0 Å². The van der Waals surface area contributed by atoms with Crippen molar-refractivity contribution in [2.24, 2.45) is 5.92 Å². The van der Waals surface area contributed by atoms with Gasteiger partial charge in [-0.2, -0.15) is 0 Å². The molecule has 1 atom stereocenters. The minimum absolute atomic E-state index is 0.000356. The molecule has 18 heavy (non-hydrogen) atoms. The minimum atomic E-state index is -0.294. The lowest BCUT2D eigenvalue weighted by molar-refractivity contribution is -0.121. The van der Waals surface area contributed by atoms with Crippen LogP contribution in [0.15, 0.2) is 24.3 Å². The second-order valence-corrected chi connectivity index (χ2v) is 5.16. The first-order valence-electron chi connectivity index (χ1n) is 6.11. The number of halogens is 2. The Labute approximate surface area is 113 Å². The summed E-state index contributed by atoms with van der Waals surface area (Å²) in [6.07, 6.45) is 1.12. The predicted octanol–water partition coefficient (Wildman–Crippen LogP) is 3.14. The van der Waals surface area contributed by atoms with E-state index >= 15 is 0 Å². The fourth-order valence-electron chi connectivity index (χ4n) is 1.80. The van der Waals surface area contributed by atoms with Crippen molar-refractivity contribution >= 4 is 17.5 Å². The third-order valence-electron chi connectivity index (χ3n) is 2.59. The largest absolute Gasteiger partial charge is 0.352 e. The molecule has 0 bridgehead atoms. The topological polar surface area (TPSA) is 29.1 Å². The van der Waals surface area contributed by atoms with Crippen LogP contribution >= 0.6 is 11.6 Å². The molecule has 0 fully saturated rings. The van der Waals surface area contributed by atoms with Crippen molar-refractivity contribution in [3.05, 3.63) is 35.6 Å². The third-order valence-corrected chi connectivity index (χ3v) is 2.96. The first-order chi connectivity index (χ1) is 8.51. The molecule has 0 heterocycles. The predicted molar refractivity (Wildman–Crippen MR) is 72.2 cm³/mol. The molecule has 0 aromatic heterocycles. The zero-order chi connectivity index (χ0) is 13.5. The van der Waals surface area contributed by atoms with E-state index in [1.54, 1.807) is 12.1 Å². The summed E-state index contributed by atoms with van der Waals surface area (Å²) in [5, 5.41) is 2.90. The Kier molecular flexibility index (Phi) is 6.13. The average Bonchev–Trinajstić information content (AvgIpc) is 2.30. The van der Waals surface area contributed by atoms with Gasteiger partial charge in [-0.15, -0.1) is 11.6 Å². The number of carbonyl (C=O) groups excluding carboxylic acids is 1. The van der Waals surface area contributed by atoms with Crippen LogP contribution in [0.1, 0.15) is 25.8 Å². The van der Waals surface area contributed by atoms with E-state index in [-0.39, 0.29) is 24.2 Å². The van der Waals surface area contributed by atoms with Crippen LogP contribution in [0.25, 0.3) is 0 Å². The zero-order valence-electron chi connectivity index (χ0n) is 10.7. The van der Waals surface area contributed by atoms with Gasteiger partial charge in [-0.3, -0.25) is 4.79 Å². The summed E-state index contributed by atoms with van der Waals surface area (Å²) in [5.41, 5.74) is 0.798. The Hall–Kier alpha value is -1.09. The Morgan fingerprint density at radius 3 is 2.44 bits per heavy atom. The lowest BCUT2D eigenvalue weighted by Gasteiger charge is -2.18. The van der Waals surface area contributed by atoms with Crippen molar-refractivity contribution in [1.82, 2.24) is 5.32 Å². The monoisotopic (exact) mass is 271 g/mol. The number of hydrogen-bond donors (Lipinski definition) is 1. The minimum Gasteiger partial charge on any atom is -0.352 e. The third kappa shape index (κ3) is 5.50. The molecule has 1 aromatic carbocycles. The van der Waals surface area contributed by atoms with Gasteiger partial charge in [0, 0.05) is 11.9 Å². The molecule has 0 aliphatic carbocycles. The highest BCUT2D eigenvalue weighted by Crippen LogP contribution is 2.08. The van der Waals surface area contributed by atoms with Gasteiger partial charge < -0.3 is 5.32 Å². The van der Waals surface area contributed by atoms with Crippen molar-refractivity contribution in [2.45, 2.75) is 32.7 Å². The smallest absolute Gasteiger partial charge is 0.224 e. The normalized spacial score (nSPS) is 12.5. The van der Waals surface area contributed by atoms with Gasteiger partial charge in [0.1, 0.15) is 5.82 Å². The summed E-state index contributed by atoms with van der Waals surface area (Å²) in [6, 6.07) is 5.95. The van der Waals surface area contributed by atoms with Crippen molar-refractivity contribution in [3.8, 4) is 0 Å². The molecular formula is C14H19ClFNO. The Morgan fingerprint density at radius 1 is 1.33 bits per heavy atom. The maximum absolute atomic E-state index is 12.7. The molecule has 0 saturated heterocycles. The standard InChI is InChI=1S/C14H19ClFNO/c1-10(2)7-13(9-15)17-14(18)8-11-3-5-12(16)6-4-11/h3-6,10,13H,7-9H2,1-2H3,(H,17,18). The van der Waals surface area contributed by atoms with Gasteiger partial charge in [0.15, 0.2) is 0 Å². The van der Waals surface area contributed by atoms with E-state index in [2.05, 4.69) is 19.2 Å². The van der Waals surface area contributed by atoms with Gasteiger partial charge in [0.2, 0.25) is 5.91 Å². The summed E-state index contributed by atoms with van der Waals surface area (Å²) < 4.78 is 12.7. The highest BCUT2D eigenvalue weighted by molar-refractivity contribution is 6.18. The van der Waals surface area contributed by atoms with Gasteiger partial charge in [0.05, 0.1) is 6.42 Å². The Balaban J connectivity index is 2.47. The summed E-state index contributed by atoms with van der Waals surface area (Å²) >= 11 is 5.82. The van der Waals surface area contributed by atoms with Crippen LogP contribution < -0.4 is 5.32 Å². The summed E-state index contributed by atoms with van der Waals surface area (Å²) in [7, 11) is 0. The van der Waals surface area contributed by atoms with Crippen molar-refractivity contribution in [3.63, 3.8) is 0 Å². The van der Waals surface area contributed by atoms with E-state index in [4.69, 9.17) is 11.6 Å². The molecule has 2 nitrogen and oxygen atoms in total. The fraction of sp³-hybridized carbons (Fsp3) is 0.500. The molecule has 0 radical (unpaired) electrons. The molecule has 0 aliphatic heterocycles. The molecule has 1 unspecified atom stereocenters. The maximum Gasteiger partial charge on any atom is 0.224 e. The Morgan fingerprint density at radius 2 is 1.94 bits per heavy atom. The van der Waals surface area contributed by atoms with Crippen molar-refractivity contribution in [2.75, 3.05) is 5.88 Å². The number of rotatable bonds is 6. The van der Waals surface area contributed by atoms with Gasteiger partial charge in [0.25, 0.3) is 0 Å². The first-order valence-corrected chi connectivity index (χ1v) is 6.64. The molecular weight excluding hydrogens is 253 g/mol. The van der Waals surface area contributed by atoms with E-state index in [0.29, 0.717) is 11.8 Å². The number of carbonyl (C=O) groups is 1. The second-order valence-electron chi connectivity index (χ2n) is 4.85. The highest BCUT2D eigenvalue weighted by atomic mass is 35.5. The van der Waals surface area contributed by atoms with E-state index in [0.717, 1.165) is 12.0 Å². The summed E-state index contributed by atoms with van der Waals surface area (Å²) in [5.74, 6) is 0.526. The second kappa shape index (κ2) is 7.37. The van der Waals surface area contributed by atoms with Crippen molar-refractivity contribution < 1.29 is 9.18 Å². The SMILES string of the molecule is CC(C)CC(CCl)NC(=O)Cc1ccc(F)cc1. The van der Waals surface area contributed by atoms with Crippen LogP contribution in [0.4, 0.5) is 4.39 Å². The number of hydrogen-bond acceptors (Lipinski definition) is 1. The van der Waals surface area contributed by atoms with E-state index in [1.165, 1.54) is 12.1 Å². The number of amides is 1. The molecule has 1 rings (SSSR count). The molecule has 100 valence electrons. The van der Waals surface area contributed by atoms with Crippen LogP contribution in [0, 0.1) is 11.7 Å². The Bertz CT molecular complexity index is 378. The zero-order valence-corrected chi connectivity index (χ0v) is 11.5. The molecule has 0 saturated carbocycles. The average molecular weight is 272 g/mol. The summed E-state index contributed by atoms with van der Waals surface area (Å²) in [6.45, 7) is 4.18. The lowest BCUT2D eigenvalue weighted by atomic mass is 10.0. The van der Waals surface area contributed by atoms with Gasteiger partial charge in [-0.05, 0) is 30.0 Å². The first kappa shape index (κ1) is 15.0. The van der Waals surface area contributed by atoms with E-state index < -0.39 is 0 Å². The lowest BCUT2D eigenvalue weighted by Crippen LogP contribution is -2.38. The molecule has 1 aromatic rings. The quantitative estimate of drug-likeness (QED) is 0.792. The van der Waals surface area contributed by atoms with Crippen LogP contribution in [-0.4, -0.2) is 17.8 Å². The molecule has 0 aliphatic rings.